The Hall–Kier alpha value is -3.01. The van der Waals surface area contributed by atoms with Crippen molar-refractivity contribution in [1.29, 1.82) is 0 Å². The van der Waals surface area contributed by atoms with Crippen LogP contribution in [0.5, 0.6) is 0 Å². The fourth-order valence-corrected chi connectivity index (χ4v) is 2.15. The molecule has 0 unspecified atom stereocenters. The Morgan fingerprint density at radius 1 is 0.818 bits per heavy atom. The highest BCUT2D eigenvalue weighted by Crippen LogP contribution is 2.14. The van der Waals surface area contributed by atoms with Gasteiger partial charge >= 0.3 is 6.03 Å². The lowest BCUT2D eigenvalue weighted by Gasteiger charge is -2.09. The number of rotatable bonds is 3. The molecule has 4 heteroatoms. The van der Waals surface area contributed by atoms with Gasteiger partial charge in [-0.2, -0.15) is 0 Å². The number of carbonyl (C=O) groups is 1. The molecule has 0 aliphatic rings. The first-order valence-electron chi connectivity index (χ1n) is 7.09. The van der Waals surface area contributed by atoms with E-state index < -0.39 is 0 Å². The highest BCUT2D eigenvalue weighted by molar-refractivity contribution is 5.99. The number of anilines is 2. The van der Waals surface area contributed by atoms with E-state index in [1.54, 1.807) is 0 Å². The molecule has 3 rings (SSSR count). The quantitative estimate of drug-likeness (QED) is 0.736. The molecule has 2 N–H and O–H groups in total. The van der Waals surface area contributed by atoms with Gasteiger partial charge in [0.25, 0.3) is 0 Å². The van der Waals surface area contributed by atoms with Crippen molar-refractivity contribution < 1.29 is 4.79 Å². The minimum atomic E-state index is -0.252. The minimum Gasteiger partial charge on any atom is -0.324 e. The topological polar surface area (TPSA) is 46.1 Å². The van der Waals surface area contributed by atoms with Gasteiger partial charge in [-0.3, -0.25) is 0 Å². The maximum atomic E-state index is 12.0. The number of nitrogens with zero attached hydrogens (tertiary/aromatic N) is 1. The van der Waals surface area contributed by atoms with Gasteiger partial charge in [-0.25, -0.2) is 4.79 Å². The Morgan fingerprint density at radius 3 is 1.86 bits per heavy atom. The third-order valence-corrected chi connectivity index (χ3v) is 3.34. The molecular formula is C18H17N3O. The molecule has 0 fully saturated rings. The van der Waals surface area contributed by atoms with E-state index in [0.717, 1.165) is 22.6 Å². The lowest BCUT2D eigenvalue weighted by Crippen LogP contribution is -2.19. The molecular weight excluding hydrogens is 274 g/mol. The Bertz CT molecular complexity index is 744. The van der Waals surface area contributed by atoms with Crippen LogP contribution in [0, 0.1) is 6.92 Å². The van der Waals surface area contributed by atoms with E-state index in [9.17, 15) is 4.79 Å². The normalized spacial score (nSPS) is 10.2. The zero-order valence-corrected chi connectivity index (χ0v) is 12.3. The van der Waals surface area contributed by atoms with Crippen LogP contribution in [-0.4, -0.2) is 10.6 Å². The van der Waals surface area contributed by atoms with Crippen LogP contribution < -0.4 is 10.6 Å². The molecule has 110 valence electrons. The second-order valence-corrected chi connectivity index (χ2v) is 5.08. The summed E-state index contributed by atoms with van der Waals surface area (Å²) in [6.07, 6.45) is 3.96. The number of urea groups is 1. The van der Waals surface area contributed by atoms with Gasteiger partial charge in [-0.15, -0.1) is 0 Å². The second-order valence-electron chi connectivity index (χ2n) is 5.08. The molecule has 3 aromatic rings. The molecule has 0 saturated heterocycles. The summed E-state index contributed by atoms with van der Waals surface area (Å²) in [4.78, 5) is 12.0. The Kier molecular flexibility index (Phi) is 3.92. The van der Waals surface area contributed by atoms with Crippen LogP contribution in [0.1, 0.15) is 5.56 Å². The van der Waals surface area contributed by atoms with Gasteiger partial charge in [0.15, 0.2) is 0 Å². The molecule has 0 atom stereocenters. The maximum absolute atomic E-state index is 12.0. The predicted octanol–water partition coefficient (Wildman–Crippen LogP) is 4.43. The number of amides is 2. The predicted molar refractivity (Wildman–Crippen MR) is 89.6 cm³/mol. The number of hydrogen-bond donors (Lipinski definition) is 2. The van der Waals surface area contributed by atoms with Gasteiger partial charge in [0.05, 0.1) is 0 Å². The van der Waals surface area contributed by atoms with Crippen LogP contribution in [0.4, 0.5) is 16.2 Å². The monoisotopic (exact) mass is 291 g/mol. The third-order valence-electron chi connectivity index (χ3n) is 3.34. The van der Waals surface area contributed by atoms with Crippen molar-refractivity contribution in [2.45, 2.75) is 6.92 Å². The van der Waals surface area contributed by atoms with Crippen molar-refractivity contribution in [2.75, 3.05) is 10.6 Å². The van der Waals surface area contributed by atoms with Gasteiger partial charge in [-0.05, 0) is 55.5 Å². The number of nitrogens with one attached hydrogen (secondary N) is 2. The molecule has 2 aromatic carbocycles. The van der Waals surface area contributed by atoms with Crippen LogP contribution >= 0.6 is 0 Å². The summed E-state index contributed by atoms with van der Waals surface area (Å²) in [6.45, 7) is 2.01. The summed E-state index contributed by atoms with van der Waals surface area (Å²) in [5, 5.41) is 5.62. The average molecular weight is 291 g/mol. The Labute approximate surface area is 129 Å². The largest absolute Gasteiger partial charge is 0.324 e. The highest BCUT2D eigenvalue weighted by Gasteiger charge is 2.03. The number of carbonyl (C=O) groups excluding carboxylic acids is 1. The summed E-state index contributed by atoms with van der Waals surface area (Å²) >= 11 is 0. The van der Waals surface area contributed by atoms with E-state index >= 15 is 0 Å². The van der Waals surface area contributed by atoms with Crippen LogP contribution in [0.3, 0.4) is 0 Å². The molecule has 0 radical (unpaired) electrons. The van der Waals surface area contributed by atoms with Gasteiger partial charge < -0.3 is 15.2 Å². The van der Waals surface area contributed by atoms with Crippen LogP contribution in [0.15, 0.2) is 73.1 Å². The summed E-state index contributed by atoms with van der Waals surface area (Å²) < 4.78 is 2.01. The van der Waals surface area contributed by atoms with E-state index in [4.69, 9.17) is 0 Å². The Morgan fingerprint density at radius 2 is 1.32 bits per heavy atom. The SMILES string of the molecule is Cc1ccc(NC(=O)Nc2ccc(-n3cccc3)cc2)cc1. The van der Waals surface area contributed by atoms with Crippen molar-refractivity contribution in [3.63, 3.8) is 0 Å². The Balaban J connectivity index is 1.63. The highest BCUT2D eigenvalue weighted by atomic mass is 16.2. The average Bonchev–Trinajstić information content (AvgIpc) is 3.05. The first-order chi connectivity index (χ1) is 10.7. The third kappa shape index (κ3) is 3.35. The van der Waals surface area contributed by atoms with Gasteiger partial charge in [0.1, 0.15) is 0 Å². The van der Waals surface area contributed by atoms with Crippen molar-refractivity contribution in [3.05, 3.63) is 78.6 Å². The van der Waals surface area contributed by atoms with E-state index in [1.807, 2.05) is 84.5 Å². The van der Waals surface area contributed by atoms with Crippen LogP contribution in [-0.2, 0) is 0 Å². The molecule has 1 heterocycles. The fourth-order valence-electron chi connectivity index (χ4n) is 2.15. The van der Waals surface area contributed by atoms with Gasteiger partial charge in [0, 0.05) is 29.5 Å². The zero-order chi connectivity index (χ0) is 15.4. The summed E-state index contributed by atoms with van der Waals surface area (Å²) in [5.74, 6) is 0. The van der Waals surface area contributed by atoms with Crippen LogP contribution in [0.2, 0.25) is 0 Å². The van der Waals surface area contributed by atoms with Crippen molar-refractivity contribution in [1.82, 2.24) is 4.57 Å². The van der Waals surface area contributed by atoms with E-state index in [1.165, 1.54) is 0 Å². The zero-order valence-electron chi connectivity index (χ0n) is 12.3. The van der Waals surface area contributed by atoms with E-state index in [-0.39, 0.29) is 6.03 Å². The minimum absolute atomic E-state index is 0.252. The second kappa shape index (κ2) is 6.18. The smallest absolute Gasteiger partial charge is 0.323 e. The molecule has 0 spiro atoms. The fraction of sp³-hybridized carbons (Fsp3) is 0.0556. The summed E-state index contributed by atoms with van der Waals surface area (Å²) in [7, 11) is 0. The van der Waals surface area contributed by atoms with Crippen molar-refractivity contribution in [2.24, 2.45) is 0 Å². The summed E-state index contributed by atoms with van der Waals surface area (Å²) in [6, 6.07) is 19.0. The number of benzene rings is 2. The number of hydrogen-bond acceptors (Lipinski definition) is 1. The van der Waals surface area contributed by atoms with Crippen LogP contribution in [0.25, 0.3) is 5.69 Å². The number of aryl methyl sites for hydroxylation is 1. The molecule has 0 aliphatic carbocycles. The molecule has 4 nitrogen and oxygen atoms in total. The van der Waals surface area contributed by atoms with E-state index in [2.05, 4.69) is 10.6 Å². The van der Waals surface area contributed by atoms with Gasteiger partial charge in [-0.1, -0.05) is 17.7 Å². The number of aromatic nitrogens is 1. The molecule has 0 aliphatic heterocycles. The maximum Gasteiger partial charge on any atom is 0.323 e. The molecule has 1 aromatic heterocycles. The first kappa shape index (κ1) is 13.9. The standard InChI is InChI=1S/C18H17N3O/c1-14-4-6-15(7-5-14)19-18(22)20-16-8-10-17(11-9-16)21-12-2-3-13-21/h2-13H,1H3,(H2,19,20,22). The lowest BCUT2D eigenvalue weighted by atomic mass is 10.2. The van der Waals surface area contributed by atoms with Gasteiger partial charge in [0.2, 0.25) is 0 Å². The van der Waals surface area contributed by atoms with Crippen molar-refractivity contribution in [3.8, 4) is 5.69 Å². The first-order valence-corrected chi connectivity index (χ1v) is 7.09. The van der Waals surface area contributed by atoms with E-state index in [0.29, 0.717) is 0 Å². The van der Waals surface area contributed by atoms with Crippen molar-refractivity contribution >= 4 is 17.4 Å². The summed E-state index contributed by atoms with van der Waals surface area (Å²) in [5.41, 5.74) is 3.73. The molecule has 0 saturated carbocycles. The lowest BCUT2D eigenvalue weighted by molar-refractivity contribution is 0.262. The molecule has 2 amide bonds. The molecule has 22 heavy (non-hydrogen) atoms. The molecule has 0 bridgehead atoms.